The minimum Gasteiger partial charge on any atom is -0.478 e. The molecule has 8 heteroatoms. The summed E-state index contributed by atoms with van der Waals surface area (Å²) >= 11 is 0. The van der Waals surface area contributed by atoms with Crippen molar-refractivity contribution in [3.05, 3.63) is 65.5 Å². The Morgan fingerprint density at radius 3 is 2.76 bits per heavy atom. The number of carbonyl (C=O) groups is 2. The molecule has 2 aromatic heterocycles. The lowest BCUT2D eigenvalue weighted by molar-refractivity contribution is 0.0695. The molecule has 0 bridgehead atoms. The van der Waals surface area contributed by atoms with Crippen molar-refractivity contribution in [2.45, 2.75) is 25.7 Å². The Balaban J connectivity index is 1.40. The SMILES string of the molecule is CN(CCCCCc1cc(-c2cccc(F)c2)n[nH]1)C(=O)c1cc(C(=O)O)co1. The Kier molecular flexibility index (Phi) is 6.43. The summed E-state index contributed by atoms with van der Waals surface area (Å²) < 4.78 is 18.3. The summed E-state index contributed by atoms with van der Waals surface area (Å²) in [5.74, 6) is -1.74. The third-order valence-electron chi connectivity index (χ3n) is 4.59. The van der Waals surface area contributed by atoms with Crippen molar-refractivity contribution in [2.75, 3.05) is 13.6 Å². The summed E-state index contributed by atoms with van der Waals surface area (Å²) in [6.07, 6.45) is 4.49. The number of carboxylic acids is 1. The van der Waals surface area contributed by atoms with E-state index in [-0.39, 0.29) is 23.0 Å². The minimum atomic E-state index is -1.13. The summed E-state index contributed by atoms with van der Waals surface area (Å²) in [4.78, 5) is 24.6. The predicted octanol–water partition coefficient (Wildman–Crippen LogP) is 3.99. The molecule has 0 aliphatic rings. The summed E-state index contributed by atoms with van der Waals surface area (Å²) in [6, 6.07) is 9.47. The van der Waals surface area contributed by atoms with Crippen LogP contribution in [0.5, 0.6) is 0 Å². The average molecular weight is 399 g/mol. The van der Waals surface area contributed by atoms with E-state index in [1.807, 2.05) is 12.1 Å². The number of H-pyrrole nitrogens is 1. The maximum atomic E-state index is 13.3. The van der Waals surface area contributed by atoms with Crippen molar-refractivity contribution in [1.29, 1.82) is 0 Å². The Labute approximate surface area is 167 Å². The molecule has 2 heterocycles. The van der Waals surface area contributed by atoms with Crippen LogP contribution in [0.3, 0.4) is 0 Å². The van der Waals surface area contributed by atoms with Gasteiger partial charge in [-0.05, 0) is 37.5 Å². The molecule has 1 amide bonds. The molecule has 0 spiro atoms. The Morgan fingerprint density at radius 1 is 1.21 bits per heavy atom. The smallest absolute Gasteiger partial charge is 0.338 e. The number of aromatic nitrogens is 2. The lowest BCUT2D eigenvalue weighted by Crippen LogP contribution is -2.27. The summed E-state index contributed by atoms with van der Waals surface area (Å²) in [6.45, 7) is 0.541. The van der Waals surface area contributed by atoms with Crippen molar-refractivity contribution < 1.29 is 23.5 Å². The van der Waals surface area contributed by atoms with Gasteiger partial charge in [0.05, 0.1) is 11.3 Å². The van der Waals surface area contributed by atoms with Crippen molar-refractivity contribution in [2.24, 2.45) is 0 Å². The Morgan fingerprint density at radius 2 is 2.03 bits per heavy atom. The van der Waals surface area contributed by atoms with Gasteiger partial charge in [0.25, 0.3) is 5.91 Å². The van der Waals surface area contributed by atoms with E-state index in [9.17, 15) is 14.0 Å². The number of aromatic carboxylic acids is 1. The van der Waals surface area contributed by atoms with E-state index < -0.39 is 5.97 Å². The van der Waals surface area contributed by atoms with Crippen molar-refractivity contribution in [1.82, 2.24) is 15.1 Å². The normalized spacial score (nSPS) is 10.8. The predicted molar refractivity (Wildman–Crippen MR) is 104 cm³/mol. The van der Waals surface area contributed by atoms with Crippen molar-refractivity contribution >= 4 is 11.9 Å². The van der Waals surface area contributed by atoms with E-state index >= 15 is 0 Å². The molecular weight excluding hydrogens is 377 g/mol. The third-order valence-corrected chi connectivity index (χ3v) is 4.59. The molecular formula is C21H22FN3O4. The number of aromatic amines is 1. The largest absolute Gasteiger partial charge is 0.478 e. The molecule has 7 nitrogen and oxygen atoms in total. The van der Waals surface area contributed by atoms with Gasteiger partial charge in [-0.2, -0.15) is 5.10 Å². The Bertz CT molecular complexity index is 995. The number of carboxylic acid groups (broad SMARTS) is 1. The number of rotatable bonds is 9. The minimum absolute atomic E-state index is 0.0206. The molecule has 0 aliphatic carbocycles. The molecule has 2 N–H and O–H groups in total. The number of halogens is 1. The van der Waals surface area contributed by atoms with Gasteiger partial charge in [0.2, 0.25) is 0 Å². The highest BCUT2D eigenvalue weighted by Crippen LogP contribution is 2.19. The molecule has 0 atom stereocenters. The molecule has 29 heavy (non-hydrogen) atoms. The standard InChI is InChI=1S/C21H22FN3O4/c1-25(20(26)19-11-15(13-29-19)21(27)28)9-4-2-3-8-17-12-18(24-23-17)14-6-5-7-16(22)10-14/h5-7,10-13H,2-4,8-9H2,1H3,(H,23,24)(H,27,28). The molecule has 0 saturated carbocycles. The van der Waals surface area contributed by atoms with Crippen LogP contribution in [0.15, 0.2) is 47.1 Å². The zero-order valence-corrected chi connectivity index (χ0v) is 16.0. The van der Waals surface area contributed by atoms with Gasteiger partial charge >= 0.3 is 5.97 Å². The number of carbonyl (C=O) groups excluding carboxylic acids is 1. The summed E-state index contributed by atoms with van der Waals surface area (Å²) in [5, 5.41) is 16.1. The third kappa shape index (κ3) is 5.31. The fourth-order valence-corrected chi connectivity index (χ4v) is 2.98. The zero-order chi connectivity index (χ0) is 20.8. The fourth-order valence-electron chi connectivity index (χ4n) is 2.98. The Hall–Kier alpha value is -3.42. The lowest BCUT2D eigenvalue weighted by Gasteiger charge is -2.15. The number of nitrogens with zero attached hydrogens (tertiary/aromatic N) is 2. The fraction of sp³-hybridized carbons (Fsp3) is 0.286. The molecule has 3 aromatic rings. The van der Waals surface area contributed by atoms with E-state index in [1.165, 1.54) is 23.1 Å². The summed E-state index contributed by atoms with van der Waals surface area (Å²) in [7, 11) is 1.66. The molecule has 0 radical (unpaired) electrons. The van der Waals surface area contributed by atoms with Crippen LogP contribution in [0.2, 0.25) is 0 Å². The first-order valence-corrected chi connectivity index (χ1v) is 9.31. The summed E-state index contributed by atoms with van der Waals surface area (Å²) in [5.41, 5.74) is 2.38. The molecule has 0 unspecified atom stereocenters. The molecule has 152 valence electrons. The van der Waals surface area contributed by atoms with E-state index in [0.717, 1.165) is 43.2 Å². The first-order chi connectivity index (χ1) is 13.9. The van der Waals surface area contributed by atoms with E-state index in [4.69, 9.17) is 9.52 Å². The number of nitrogens with one attached hydrogen (secondary N) is 1. The van der Waals surface area contributed by atoms with Gasteiger partial charge in [-0.3, -0.25) is 9.89 Å². The molecule has 0 fully saturated rings. The van der Waals surface area contributed by atoms with Crippen LogP contribution in [0.1, 0.15) is 45.9 Å². The van der Waals surface area contributed by atoms with Crippen LogP contribution in [-0.4, -0.2) is 45.7 Å². The monoisotopic (exact) mass is 399 g/mol. The highest BCUT2D eigenvalue weighted by Gasteiger charge is 2.18. The molecule has 0 saturated heterocycles. The maximum absolute atomic E-state index is 13.3. The number of hydrogen-bond acceptors (Lipinski definition) is 4. The number of unbranched alkanes of at least 4 members (excludes halogenated alkanes) is 2. The van der Waals surface area contributed by atoms with Gasteiger partial charge < -0.3 is 14.4 Å². The topological polar surface area (TPSA) is 99.4 Å². The van der Waals surface area contributed by atoms with Crippen molar-refractivity contribution in [3.63, 3.8) is 0 Å². The quantitative estimate of drug-likeness (QED) is 0.530. The van der Waals surface area contributed by atoms with E-state index in [1.54, 1.807) is 13.1 Å². The van der Waals surface area contributed by atoms with Gasteiger partial charge in [-0.1, -0.05) is 18.6 Å². The van der Waals surface area contributed by atoms with Gasteiger partial charge in [0, 0.05) is 30.9 Å². The zero-order valence-electron chi connectivity index (χ0n) is 16.0. The number of hydrogen-bond donors (Lipinski definition) is 2. The van der Waals surface area contributed by atoms with Crippen LogP contribution in [0.4, 0.5) is 4.39 Å². The van der Waals surface area contributed by atoms with E-state index in [0.29, 0.717) is 12.2 Å². The van der Waals surface area contributed by atoms with Crippen molar-refractivity contribution in [3.8, 4) is 11.3 Å². The maximum Gasteiger partial charge on any atom is 0.338 e. The van der Waals surface area contributed by atoms with Crippen LogP contribution >= 0.6 is 0 Å². The van der Waals surface area contributed by atoms with Gasteiger partial charge in [-0.15, -0.1) is 0 Å². The van der Waals surface area contributed by atoms with Crippen LogP contribution in [0.25, 0.3) is 11.3 Å². The lowest BCUT2D eigenvalue weighted by atomic mass is 10.1. The highest BCUT2D eigenvalue weighted by atomic mass is 19.1. The second-order valence-corrected chi connectivity index (χ2v) is 6.83. The van der Waals surface area contributed by atoms with Crippen LogP contribution < -0.4 is 0 Å². The second-order valence-electron chi connectivity index (χ2n) is 6.83. The first kappa shape index (κ1) is 20.3. The molecule has 3 rings (SSSR count). The number of benzene rings is 1. The average Bonchev–Trinajstić information content (AvgIpc) is 3.37. The number of aryl methyl sites for hydroxylation is 1. The highest BCUT2D eigenvalue weighted by molar-refractivity contribution is 5.95. The molecule has 0 aliphatic heterocycles. The van der Waals surface area contributed by atoms with Gasteiger partial charge in [0.1, 0.15) is 12.1 Å². The molecule has 1 aromatic carbocycles. The second kappa shape index (κ2) is 9.18. The van der Waals surface area contributed by atoms with E-state index in [2.05, 4.69) is 10.2 Å². The first-order valence-electron chi connectivity index (χ1n) is 9.31. The van der Waals surface area contributed by atoms with Gasteiger partial charge in [0.15, 0.2) is 5.76 Å². The number of furan rings is 1. The van der Waals surface area contributed by atoms with Gasteiger partial charge in [-0.25, -0.2) is 9.18 Å². The van der Waals surface area contributed by atoms with Crippen LogP contribution in [-0.2, 0) is 6.42 Å². The number of amides is 1. The van der Waals surface area contributed by atoms with Crippen LogP contribution in [0, 0.1) is 5.82 Å².